The highest BCUT2D eigenvalue weighted by Gasteiger charge is 2.61. The third kappa shape index (κ3) is 1.88. The maximum atomic E-state index is 13.2. The molecule has 16 heavy (non-hydrogen) atoms. The topological polar surface area (TPSA) is 30.7 Å². The predicted octanol–water partition coefficient (Wildman–Crippen LogP) is 2.59. The molecule has 0 N–H and O–H groups in total. The third-order valence-electron chi connectivity index (χ3n) is 2.05. The molecule has 8 heteroatoms. The molecule has 1 rings (SSSR count). The van der Waals surface area contributed by atoms with Crippen LogP contribution in [0.25, 0.3) is 0 Å². The summed E-state index contributed by atoms with van der Waals surface area (Å²) in [5, 5.41) is 6.53. The maximum Gasteiger partial charge on any atom is 0.459 e. The molecule has 0 saturated carbocycles. The second-order valence-electron chi connectivity index (χ2n) is 3.67. The molecule has 0 amide bonds. The number of aryl methyl sites for hydroxylation is 1. The van der Waals surface area contributed by atoms with Gasteiger partial charge in [-0.3, -0.25) is 0 Å². The van der Waals surface area contributed by atoms with Gasteiger partial charge in [-0.2, -0.15) is 22.0 Å². The molecule has 0 aliphatic heterocycles. The third-order valence-corrected chi connectivity index (χ3v) is 2.05. The molecule has 92 valence electrons. The van der Waals surface area contributed by atoms with Gasteiger partial charge in [-0.25, -0.2) is 4.68 Å². The van der Waals surface area contributed by atoms with Crippen LogP contribution in [0.3, 0.4) is 0 Å². The molecule has 0 radical (unpaired) electrons. The van der Waals surface area contributed by atoms with E-state index >= 15 is 0 Å². The molecule has 0 spiro atoms. The van der Waals surface area contributed by atoms with E-state index in [0.29, 0.717) is 4.68 Å². The van der Waals surface area contributed by atoms with E-state index in [0.717, 1.165) is 7.05 Å². The van der Waals surface area contributed by atoms with Crippen LogP contribution in [0.1, 0.15) is 31.2 Å². The van der Waals surface area contributed by atoms with Gasteiger partial charge in [0.2, 0.25) is 0 Å². The summed E-state index contributed by atoms with van der Waals surface area (Å²) in [4.78, 5) is 0. The van der Waals surface area contributed by atoms with Gasteiger partial charge in [-0.15, -0.1) is 5.10 Å². The highest BCUT2D eigenvalue weighted by atomic mass is 19.4. The first kappa shape index (κ1) is 12.9. The van der Waals surface area contributed by atoms with Crippen molar-refractivity contribution in [2.75, 3.05) is 0 Å². The van der Waals surface area contributed by atoms with Gasteiger partial charge in [-0.05, 0) is 5.92 Å². The van der Waals surface area contributed by atoms with Crippen LogP contribution in [0.2, 0.25) is 0 Å². The lowest BCUT2D eigenvalue weighted by Crippen LogP contribution is -2.36. The van der Waals surface area contributed by atoms with Gasteiger partial charge in [0.05, 0.1) is 5.69 Å². The monoisotopic (exact) mass is 243 g/mol. The van der Waals surface area contributed by atoms with Crippen molar-refractivity contribution in [1.82, 2.24) is 15.0 Å². The fourth-order valence-corrected chi connectivity index (χ4v) is 1.26. The molecule has 0 aliphatic carbocycles. The van der Waals surface area contributed by atoms with E-state index in [1.165, 1.54) is 13.8 Å². The zero-order chi connectivity index (χ0) is 12.7. The van der Waals surface area contributed by atoms with Crippen molar-refractivity contribution < 1.29 is 22.0 Å². The summed E-state index contributed by atoms with van der Waals surface area (Å²) >= 11 is 0. The van der Waals surface area contributed by atoms with Crippen molar-refractivity contribution in [1.29, 1.82) is 0 Å². The lowest BCUT2D eigenvalue weighted by atomic mass is 10.0. The minimum Gasteiger partial charge on any atom is -0.246 e. The number of nitrogens with zero attached hydrogens (tertiary/aromatic N) is 3. The highest BCUT2D eigenvalue weighted by Crippen LogP contribution is 2.45. The lowest BCUT2D eigenvalue weighted by Gasteiger charge is -2.20. The predicted molar refractivity (Wildman–Crippen MR) is 45.0 cm³/mol. The Labute approximate surface area is 88.2 Å². The van der Waals surface area contributed by atoms with Gasteiger partial charge < -0.3 is 0 Å². The van der Waals surface area contributed by atoms with Gasteiger partial charge in [0.1, 0.15) is 5.69 Å². The van der Waals surface area contributed by atoms with Crippen LogP contribution in [0, 0.1) is 0 Å². The molecule has 3 nitrogen and oxygen atoms in total. The average Bonchev–Trinajstić information content (AvgIpc) is 2.45. The Balaban J connectivity index is 3.37. The van der Waals surface area contributed by atoms with Crippen LogP contribution in [0.4, 0.5) is 22.0 Å². The standard InChI is InChI=1S/C8H10F5N3/c1-4(2)5-6(16(3)15-14-5)7(9,10)8(11,12)13/h4H,1-3H3. The second-order valence-corrected chi connectivity index (χ2v) is 3.67. The SMILES string of the molecule is CC(C)c1nnn(C)c1C(F)(F)C(F)(F)F. The zero-order valence-corrected chi connectivity index (χ0v) is 8.81. The second kappa shape index (κ2) is 3.67. The summed E-state index contributed by atoms with van der Waals surface area (Å²) in [6.07, 6.45) is -5.65. The minimum atomic E-state index is -5.65. The molecule has 0 atom stereocenters. The molecule has 0 unspecified atom stereocenters. The van der Waals surface area contributed by atoms with E-state index in [1.807, 2.05) is 0 Å². The molecule has 1 heterocycles. The van der Waals surface area contributed by atoms with E-state index in [9.17, 15) is 22.0 Å². The van der Waals surface area contributed by atoms with E-state index in [2.05, 4.69) is 10.3 Å². The fraction of sp³-hybridized carbons (Fsp3) is 0.750. The summed E-state index contributed by atoms with van der Waals surface area (Å²) in [7, 11) is 1.01. The summed E-state index contributed by atoms with van der Waals surface area (Å²) in [5.41, 5.74) is -1.54. The Morgan fingerprint density at radius 3 is 2.00 bits per heavy atom. The molecule has 0 aliphatic rings. The molecule has 0 bridgehead atoms. The lowest BCUT2D eigenvalue weighted by molar-refractivity contribution is -0.292. The number of hydrogen-bond acceptors (Lipinski definition) is 2. The highest BCUT2D eigenvalue weighted by molar-refractivity contribution is 5.20. The van der Waals surface area contributed by atoms with Crippen molar-refractivity contribution in [3.8, 4) is 0 Å². The van der Waals surface area contributed by atoms with Crippen molar-refractivity contribution in [3.63, 3.8) is 0 Å². The Kier molecular flexibility index (Phi) is 2.95. The smallest absolute Gasteiger partial charge is 0.246 e. The molecule has 0 aromatic carbocycles. The van der Waals surface area contributed by atoms with E-state index in [1.54, 1.807) is 0 Å². The summed E-state index contributed by atoms with van der Waals surface area (Å²) in [6.45, 7) is 2.94. The van der Waals surface area contributed by atoms with Crippen molar-refractivity contribution >= 4 is 0 Å². The van der Waals surface area contributed by atoms with Gasteiger partial charge in [0, 0.05) is 7.05 Å². The van der Waals surface area contributed by atoms with Gasteiger partial charge in [0.25, 0.3) is 0 Å². The Morgan fingerprint density at radius 1 is 1.12 bits per heavy atom. The molecular weight excluding hydrogens is 233 g/mol. The van der Waals surface area contributed by atoms with E-state index in [-0.39, 0.29) is 5.69 Å². The molecule has 0 saturated heterocycles. The largest absolute Gasteiger partial charge is 0.459 e. The van der Waals surface area contributed by atoms with Gasteiger partial charge in [0.15, 0.2) is 0 Å². The Bertz CT molecular complexity index is 380. The van der Waals surface area contributed by atoms with Gasteiger partial charge >= 0.3 is 12.1 Å². The number of rotatable bonds is 2. The minimum absolute atomic E-state index is 0.343. The van der Waals surface area contributed by atoms with Crippen molar-refractivity contribution in [3.05, 3.63) is 11.4 Å². The summed E-state index contributed by atoms with van der Waals surface area (Å²) in [5.74, 6) is -5.50. The van der Waals surface area contributed by atoms with E-state index in [4.69, 9.17) is 0 Å². The average molecular weight is 243 g/mol. The van der Waals surface area contributed by atoms with Crippen LogP contribution in [-0.2, 0) is 13.0 Å². The summed E-state index contributed by atoms with van der Waals surface area (Å²) < 4.78 is 63.4. The number of hydrogen-bond donors (Lipinski definition) is 0. The van der Waals surface area contributed by atoms with E-state index < -0.39 is 23.7 Å². The normalized spacial score (nSPS) is 13.6. The maximum absolute atomic E-state index is 13.2. The molecule has 1 aromatic heterocycles. The van der Waals surface area contributed by atoms with Crippen LogP contribution >= 0.6 is 0 Å². The molecular formula is C8H10F5N3. The quantitative estimate of drug-likeness (QED) is 0.747. The van der Waals surface area contributed by atoms with Crippen LogP contribution in [-0.4, -0.2) is 21.2 Å². The Morgan fingerprint density at radius 2 is 1.62 bits per heavy atom. The first-order valence-corrected chi connectivity index (χ1v) is 4.43. The first-order chi connectivity index (χ1) is 7.09. The zero-order valence-electron chi connectivity index (χ0n) is 8.81. The van der Waals surface area contributed by atoms with Crippen LogP contribution in [0.15, 0.2) is 0 Å². The van der Waals surface area contributed by atoms with Gasteiger partial charge in [-0.1, -0.05) is 19.1 Å². The van der Waals surface area contributed by atoms with Crippen molar-refractivity contribution in [2.24, 2.45) is 7.05 Å². The number of alkyl halides is 5. The fourth-order valence-electron chi connectivity index (χ4n) is 1.26. The molecule has 0 fully saturated rings. The van der Waals surface area contributed by atoms with Crippen LogP contribution in [0.5, 0.6) is 0 Å². The van der Waals surface area contributed by atoms with Crippen LogP contribution < -0.4 is 0 Å². The Hall–Kier alpha value is -1.21. The number of aromatic nitrogens is 3. The molecule has 1 aromatic rings. The number of halogens is 5. The van der Waals surface area contributed by atoms with Crippen molar-refractivity contribution in [2.45, 2.75) is 31.9 Å². The first-order valence-electron chi connectivity index (χ1n) is 4.43. The summed E-state index contributed by atoms with van der Waals surface area (Å²) in [6, 6.07) is 0.